The lowest BCUT2D eigenvalue weighted by Crippen LogP contribution is -2.42. The van der Waals surface area contributed by atoms with Gasteiger partial charge in [0.2, 0.25) is 5.91 Å². The number of likely N-dealkylation sites (N-methyl/N-ethyl adjacent to an activating group) is 2. The van der Waals surface area contributed by atoms with E-state index in [1.807, 2.05) is 0 Å². The third-order valence-electron chi connectivity index (χ3n) is 3.96. The third-order valence-corrected chi connectivity index (χ3v) is 3.96. The number of esters is 1. The van der Waals surface area contributed by atoms with Gasteiger partial charge in [-0.1, -0.05) is 6.07 Å². The average Bonchev–Trinajstić information content (AvgIpc) is 2.93. The van der Waals surface area contributed by atoms with Crippen LogP contribution in [0, 0.1) is 0 Å². The maximum atomic E-state index is 12.1. The summed E-state index contributed by atoms with van der Waals surface area (Å²) in [6, 6.07) is 5.37. The van der Waals surface area contributed by atoms with Crippen molar-refractivity contribution in [2.24, 2.45) is 0 Å². The predicted molar refractivity (Wildman–Crippen MR) is 103 cm³/mol. The van der Waals surface area contributed by atoms with Crippen LogP contribution < -0.4 is 14.8 Å². The van der Waals surface area contributed by atoms with Crippen molar-refractivity contribution in [1.29, 1.82) is 0 Å². The zero-order valence-electron chi connectivity index (χ0n) is 16.2. The second kappa shape index (κ2) is 11.0. The molecule has 0 spiro atoms. The molecule has 152 valence electrons. The van der Waals surface area contributed by atoms with Gasteiger partial charge in [0.25, 0.3) is 5.91 Å². The third kappa shape index (κ3) is 6.61. The number of fused-ring (bicyclic) bond motifs is 1. The van der Waals surface area contributed by atoms with Gasteiger partial charge in [-0.05, 0) is 37.6 Å². The molecule has 8 nitrogen and oxygen atoms in total. The SMILES string of the molecule is CCNC(=O)CN(CC)C(=O)COC(=O)/C=C/c1ccc2c(c1)OCCCO2. The fourth-order valence-electron chi connectivity index (χ4n) is 2.52. The lowest BCUT2D eigenvalue weighted by molar-refractivity contribution is -0.148. The van der Waals surface area contributed by atoms with E-state index < -0.39 is 18.5 Å². The van der Waals surface area contributed by atoms with Crippen LogP contribution in [0.25, 0.3) is 6.08 Å². The molecule has 0 bridgehead atoms. The molecule has 1 N–H and O–H groups in total. The first kappa shape index (κ1) is 21.3. The second-order valence-corrected chi connectivity index (χ2v) is 6.06. The van der Waals surface area contributed by atoms with E-state index in [9.17, 15) is 14.4 Å². The van der Waals surface area contributed by atoms with Crippen LogP contribution in [0.5, 0.6) is 11.5 Å². The molecular formula is C20H26N2O6. The number of nitrogens with one attached hydrogen (secondary N) is 1. The van der Waals surface area contributed by atoms with E-state index in [1.165, 1.54) is 11.0 Å². The van der Waals surface area contributed by atoms with Crippen molar-refractivity contribution in [3.8, 4) is 11.5 Å². The standard InChI is InChI=1S/C20H26N2O6/c1-3-21-18(23)13-22(4-2)19(24)14-28-20(25)9-7-15-6-8-16-17(12-15)27-11-5-10-26-16/h6-9,12H,3-5,10-11,13-14H2,1-2H3,(H,21,23)/b9-7+. The molecule has 1 aromatic carbocycles. The number of hydrogen-bond donors (Lipinski definition) is 1. The summed E-state index contributed by atoms with van der Waals surface area (Å²) >= 11 is 0. The number of carbonyl (C=O) groups is 3. The quantitative estimate of drug-likeness (QED) is 0.533. The fourth-order valence-corrected chi connectivity index (χ4v) is 2.52. The minimum Gasteiger partial charge on any atom is -0.490 e. The highest BCUT2D eigenvalue weighted by Crippen LogP contribution is 2.30. The number of rotatable bonds is 8. The average molecular weight is 390 g/mol. The molecule has 0 saturated carbocycles. The summed E-state index contributed by atoms with van der Waals surface area (Å²) in [5, 5.41) is 2.62. The van der Waals surface area contributed by atoms with Gasteiger partial charge >= 0.3 is 5.97 Å². The number of ether oxygens (including phenoxy) is 3. The Morgan fingerprint density at radius 2 is 1.93 bits per heavy atom. The molecule has 28 heavy (non-hydrogen) atoms. The highest BCUT2D eigenvalue weighted by Gasteiger charge is 2.16. The van der Waals surface area contributed by atoms with Gasteiger partial charge in [0.05, 0.1) is 19.8 Å². The van der Waals surface area contributed by atoms with Crippen molar-refractivity contribution in [2.45, 2.75) is 20.3 Å². The number of nitrogens with zero attached hydrogens (tertiary/aromatic N) is 1. The van der Waals surface area contributed by atoms with Gasteiger partial charge in [-0.25, -0.2) is 4.79 Å². The normalized spacial score (nSPS) is 12.9. The van der Waals surface area contributed by atoms with Gasteiger partial charge < -0.3 is 24.4 Å². The second-order valence-electron chi connectivity index (χ2n) is 6.06. The lowest BCUT2D eigenvalue weighted by Gasteiger charge is -2.19. The van der Waals surface area contributed by atoms with E-state index in [-0.39, 0.29) is 12.5 Å². The van der Waals surface area contributed by atoms with Crippen LogP contribution in [0.2, 0.25) is 0 Å². The minimum absolute atomic E-state index is 0.0617. The molecule has 1 heterocycles. The molecule has 1 aromatic rings. The van der Waals surface area contributed by atoms with Crippen molar-refractivity contribution in [3.63, 3.8) is 0 Å². The van der Waals surface area contributed by atoms with Crippen LogP contribution in [0.4, 0.5) is 0 Å². The van der Waals surface area contributed by atoms with Crippen LogP contribution in [-0.2, 0) is 19.1 Å². The molecular weight excluding hydrogens is 364 g/mol. The maximum absolute atomic E-state index is 12.1. The number of hydrogen-bond acceptors (Lipinski definition) is 6. The molecule has 2 rings (SSSR count). The van der Waals surface area contributed by atoms with E-state index in [0.29, 0.717) is 37.8 Å². The predicted octanol–water partition coefficient (Wildman–Crippen LogP) is 1.39. The lowest BCUT2D eigenvalue weighted by atomic mass is 10.2. The zero-order valence-corrected chi connectivity index (χ0v) is 16.2. The Balaban J connectivity index is 1.85. The molecule has 0 radical (unpaired) electrons. The zero-order chi connectivity index (χ0) is 20.4. The first-order valence-electron chi connectivity index (χ1n) is 9.32. The minimum atomic E-state index is -0.644. The van der Waals surface area contributed by atoms with Crippen molar-refractivity contribution in [1.82, 2.24) is 10.2 Å². The van der Waals surface area contributed by atoms with Crippen LogP contribution in [0.15, 0.2) is 24.3 Å². The Labute approximate surface area is 164 Å². The Morgan fingerprint density at radius 1 is 1.18 bits per heavy atom. The van der Waals surface area contributed by atoms with Crippen LogP contribution >= 0.6 is 0 Å². The Bertz CT molecular complexity index is 731. The van der Waals surface area contributed by atoms with Gasteiger partial charge in [0.1, 0.15) is 0 Å². The molecule has 2 amide bonds. The smallest absolute Gasteiger partial charge is 0.331 e. The highest BCUT2D eigenvalue weighted by atomic mass is 16.5. The summed E-state index contributed by atoms with van der Waals surface area (Å²) in [4.78, 5) is 36.9. The van der Waals surface area contributed by atoms with Crippen molar-refractivity contribution < 1.29 is 28.6 Å². The van der Waals surface area contributed by atoms with Crippen molar-refractivity contribution in [3.05, 3.63) is 29.8 Å². The Hall–Kier alpha value is -3.03. The Kier molecular flexibility index (Phi) is 8.33. The molecule has 0 atom stereocenters. The van der Waals surface area contributed by atoms with E-state index >= 15 is 0 Å². The van der Waals surface area contributed by atoms with E-state index in [1.54, 1.807) is 38.1 Å². The van der Waals surface area contributed by atoms with Gasteiger partial charge in [0, 0.05) is 25.6 Å². The highest BCUT2D eigenvalue weighted by molar-refractivity contribution is 5.90. The summed E-state index contributed by atoms with van der Waals surface area (Å²) < 4.78 is 16.1. The molecule has 0 unspecified atom stereocenters. The van der Waals surface area contributed by atoms with E-state index in [2.05, 4.69) is 5.32 Å². The van der Waals surface area contributed by atoms with Crippen LogP contribution in [0.3, 0.4) is 0 Å². The summed E-state index contributed by atoms with van der Waals surface area (Å²) in [5.74, 6) is -0.0133. The van der Waals surface area contributed by atoms with Gasteiger partial charge in [0.15, 0.2) is 18.1 Å². The van der Waals surface area contributed by atoms with E-state index in [4.69, 9.17) is 14.2 Å². The molecule has 0 aliphatic carbocycles. The first-order chi connectivity index (χ1) is 13.5. The van der Waals surface area contributed by atoms with E-state index in [0.717, 1.165) is 12.0 Å². The van der Waals surface area contributed by atoms with Gasteiger partial charge in [-0.2, -0.15) is 0 Å². The monoisotopic (exact) mass is 390 g/mol. The van der Waals surface area contributed by atoms with Crippen LogP contribution in [-0.4, -0.2) is 62.1 Å². The number of amides is 2. The summed E-state index contributed by atoms with van der Waals surface area (Å²) in [6.07, 6.45) is 3.63. The maximum Gasteiger partial charge on any atom is 0.331 e. The van der Waals surface area contributed by atoms with Crippen molar-refractivity contribution in [2.75, 3.05) is 39.5 Å². The van der Waals surface area contributed by atoms with Crippen LogP contribution in [0.1, 0.15) is 25.8 Å². The molecule has 1 aliphatic rings. The molecule has 8 heteroatoms. The summed E-state index contributed by atoms with van der Waals surface area (Å²) in [7, 11) is 0. The fraction of sp³-hybridized carbons (Fsp3) is 0.450. The Morgan fingerprint density at radius 3 is 2.64 bits per heavy atom. The largest absolute Gasteiger partial charge is 0.490 e. The molecule has 0 fully saturated rings. The van der Waals surface area contributed by atoms with Crippen molar-refractivity contribution >= 4 is 23.9 Å². The van der Waals surface area contributed by atoms with Gasteiger partial charge in [-0.15, -0.1) is 0 Å². The topological polar surface area (TPSA) is 94.2 Å². The number of carbonyl (C=O) groups excluding carboxylic acids is 3. The summed E-state index contributed by atoms with van der Waals surface area (Å²) in [6.45, 7) is 5.10. The molecule has 1 aliphatic heterocycles. The first-order valence-corrected chi connectivity index (χ1v) is 9.32. The number of benzene rings is 1. The van der Waals surface area contributed by atoms with Gasteiger partial charge in [-0.3, -0.25) is 9.59 Å². The molecule has 0 aromatic heterocycles. The molecule has 0 saturated heterocycles. The summed E-state index contributed by atoms with van der Waals surface area (Å²) in [5.41, 5.74) is 0.749.